The predicted molar refractivity (Wildman–Crippen MR) is 94.1 cm³/mol. The van der Waals surface area contributed by atoms with Crippen molar-refractivity contribution in [3.8, 4) is 0 Å². The number of amides is 2. The number of rotatable bonds is 5. The van der Waals surface area contributed by atoms with Crippen LogP contribution in [0.1, 0.15) is 23.1 Å². The van der Waals surface area contributed by atoms with Gasteiger partial charge in [0.05, 0.1) is 19.8 Å². The molecule has 6 nitrogen and oxygen atoms in total. The third kappa shape index (κ3) is 5.04. The smallest absolute Gasteiger partial charge is 0.243 e. The van der Waals surface area contributed by atoms with Crippen LogP contribution in [-0.2, 0) is 14.3 Å². The highest BCUT2D eigenvalue weighted by Crippen LogP contribution is 2.21. The van der Waals surface area contributed by atoms with Crippen molar-refractivity contribution in [3.05, 3.63) is 28.8 Å². The van der Waals surface area contributed by atoms with Crippen LogP contribution in [0.2, 0.25) is 0 Å². The van der Waals surface area contributed by atoms with Crippen molar-refractivity contribution < 1.29 is 14.3 Å². The van der Waals surface area contributed by atoms with E-state index in [1.165, 1.54) is 4.90 Å². The molecule has 0 spiro atoms. The maximum atomic E-state index is 12.3. The fourth-order valence-corrected chi connectivity index (χ4v) is 2.98. The third-order valence-corrected chi connectivity index (χ3v) is 4.17. The van der Waals surface area contributed by atoms with Crippen molar-refractivity contribution in [3.63, 3.8) is 0 Å². The molecule has 1 unspecified atom stereocenters. The Morgan fingerprint density at radius 2 is 1.96 bits per heavy atom. The van der Waals surface area contributed by atoms with Crippen LogP contribution >= 0.6 is 0 Å². The number of carbonyl (C=O) groups excluding carboxylic acids is 2. The Kier molecular flexibility index (Phi) is 6.34. The van der Waals surface area contributed by atoms with E-state index in [2.05, 4.69) is 10.6 Å². The number of aryl methyl sites for hydroxylation is 3. The zero-order valence-electron chi connectivity index (χ0n) is 14.9. The fraction of sp³-hybridized carbons (Fsp3) is 0.556. The molecule has 24 heavy (non-hydrogen) atoms. The minimum atomic E-state index is -0.186. The minimum Gasteiger partial charge on any atom is -0.378 e. The summed E-state index contributed by atoms with van der Waals surface area (Å²) >= 11 is 0. The van der Waals surface area contributed by atoms with Crippen LogP contribution in [0.15, 0.2) is 12.1 Å². The Morgan fingerprint density at radius 1 is 1.29 bits per heavy atom. The number of likely N-dealkylation sites (N-methyl/N-ethyl adjacent to an activating group) is 1. The molecule has 1 aliphatic rings. The number of carbonyl (C=O) groups is 2. The number of ether oxygens (including phenoxy) is 1. The molecule has 1 aliphatic heterocycles. The maximum absolute atomic E-state index is 12.3. The van der Waals surface area contributed by atoms with E-state index in [0.717, 1.165) is 28.9 Å². The van der Waals surface area contributed by atoms with Crippen LogP contribution in [-0.4, -0.2) is 56.1 Å². The molecule has 2 N–H and O–H groups in total. The average molecular weight is 333 g/mol. The molecule has 1 heterocycles. The molecular formula is C18H27N3O3. The summed E-state index contributed by atoms with van der Waals surface area (Å²) in [5.74, 6) is -0.251. The molecule has 1 aromatic carbocycles. The van der Waals surface area contributed by atoms with E-state index in [9.17, 15) is 9.59 Å². The van der Waals surface area contributed by atoms with Crippen molar-refractivity contribution in [2.45, 2.75) is 33.2 Å². The second-order valence-electron chi connectivity index (χ2n) is 6.50. The molecule has 2 amide bonds. The first-order valence-electron chi connectivity index (χ1n) is 8.29. The quantitative estimate of drug-likeness (QED) is 0.854. The molecule has 1 aromatic rings. The number of hydrogen-bond acceptors (Lipinski definition) is 4. The lowest BCUT2D eigenvalue weighted by atomic mass is 10.1. The summed E-state index contributed by atoms with van der Waals surface area (Å²) in [4.78, 5) is 26.0. The van der Waals surface area contributed by atoms with Crippen molar-refractivity contribution in [2.75, 3.05) is 38.7 Å². The topological polar surface area (TPSA) is 70.7 Å². The number of anilines is 1. The highest BCUT2D eigenvalue weighted by molar-refractivity contribution is 5.95. The Labute approximate surface area is 143 Å². The summed E-state index contributed by atoms with van der Waals surface area (Å²) in [7, 11) is 1.65. The van der Waals surface area contributed by atoms with Gasteiger partial charge in [-0.05, 0) is 31.9 Å². The molecule has 0 radical (unpaired) electrons. The van der Waals surface area contributed by atoms with Gasteiger partial charge < -0.3 is 20.3 Å². The first-order chi connectivity index (χ1) is 11.4. The summed E-state index contributed by atoms with van der Waals surface area (Å²) in [6.45, 7) is 7.98. The van der Waals surface area contributed by atoms with Crippen LogP contribution < -0.4 is 10.6 Å². The van der Waals surface area contributed by atoms with Gasteiger partial charge >= 0.3 is 0 Å². The second-order valence-corrected chi connectivity index (χ2v) is 6.50. The van der Waals surface area contributed by atoms with Gasteiger partial charge in [0.1, 0.15) is 0 Å². The zero-order valence-corrected chi connectivity index (χ0v) is 14.9. The molecule has 0 saturated carbocycles. The summed E-state index contributed by atoms with van der Waals surface area (Å²) < 4.78 is 5.35. The van der Waals surface area contributed by atoms with Gasteiger partial charge in [0.2, 0.25) is 11.8 Å². The van der Waals surface area contributed by atoms with E-state index in [1.54, 1.807) is 7.05 Å². The number of nitrogens with zero attached hydrogens (tertiary/aromatic N) is 1. The number of morpholine rings is 1. The molecule has 1 fully saturated rings. The highest BCUT2D eigenvalue weighted by atomic mass is 16.5. The van der Waals surface area contributed by atoms with Crippen LogP contribution in [0.5, 0.6) is 0 Å². The van der Waals surface area contributed by atoms with Crippen LogP contribution in [0.3, 0.4) is 0 Å². The highest BCUT2D eigenvalue weighted by Gasteiger charge is 2.20. The van der Waals surface area contributed by atoms with E-state index in [0.29, 0.717) is 19.6 Å². The standard InChI is InChI=1S/C18H27N3O3/c1-12-7-13(2)18(14(3)8-12)20-16(22)10-21(4)17(23)9-15-11-24-6-5-19-15/h7-8,15,19H,5-6,9-11H2,1-4H3,(H,20,22). The van der Waals surface area contributed by atoms with Crippen molar-refractivity contribution in [2.24, 2.45) is 0 Å². The maximum Gasteiger partial charge on any atom is 0.243 e. The van der Waals surface area contributed by atoms with E-state index in [1.807, 2.05) is 32.9 Å². The molecule has 1 atom stereocenters. The van der Waals surface area contributed by atoms with Gasteiger partial charge in [0, 0.05) is 31.7 Å². The molecule has 0 aromatic heterocycles. The van der Waals surface area contributed by atoms with Gasteiger partial charge in [-0.25, -0.2) is 0 Å². The van der Waals surface area contributed by atoms with E-state index < -0.39 is 0 Å². The van der Waals surface area contributed by atoms with Gasteiger partial charge in [-0.3, -0.25) is 9.59 Å². The molecular weight excluding hydrogens is 306 g/mol. The normalized spacial score (nSPS) is 17.4. The lowest BCUT2D eigenvalue weighted by molar-refractivity contribution is -0.134. The molecule has 2 rings (SSSR count). The van der Waals surface area contributed by atoms with Gasteiger partial charge in [0.25, 0.3) is 0 Å². The molecule has 132 valence electrons. The Morgan fingerprint density at radius 3 is 2.54 bits per heavy atom. The first kappa shape index (κ1) is 18.4. The summed E-state index contributed by atoms with van der Waals surface area (Å²) in [6, 6.07) is 4.09. The lowest BCUT2D eigenvalue weighted by Gasteiger charge is -2.25. The lowest BCUT2D eigenvalue weighted by Crippen LogP contribution is -2.45. The minimum absolute atomic E-state index is 0.0262. The van der Waals surface area contributed by atoms with E-state index in [-0.39, 0.29) is 24.4 Å². The van der Waals surface area contributed by atoms with Crippen molar-refractivity contribution in [1.82, 2.24) is 10.2 Å². The van der Waals surface area contributed by atoms with Gasteiger partial charge in [-0.2, -0.15) is 0 Å². The van der Waals surface area contributed by atoms with Crippen LogP contribution in [0.4, 0.5) is 5.69 Å². The SMILES string of the molecule is Cc1cc(C)c(NC(=O)CN(C)C(=O)CC2COCCN2)c(C)c1. The second kappa shape index (κ2) is 8.26. The van der Waals surface area contributed by atoms with Crippen LogP contribution in [0, 0.1) is 20.8 Å². The number of benzene rings is 1. The predicted octanol–water partition coefficient (Wildman–Crippen LogP) is 1.39. The largest absolute Gasteiger partial charge is 0.378 e. The summed E-state index contributed by atoms with van der Waals surface area (Å²) in [6.07, 6.45) is 0.340. The number of nitrogens with one attached hydrogen (secondary N) is 2. The molecule has 6 heteroatoms. The van der Waals surface area contributed by atoms with E-state index >= 15 is 0 Å². The monoisotopic (exact) mass is 333 g/mol. The summed E-state index contributed by atoms with van der Waals surface area (Å²) in [5, 5.41) is 6.17. The first-order valence-corrected chi connectivity index (χ1v) is 8.29. The van der Waals surface area contributed by atoms with Crippen molar-refractivity contribution >= 4 is 17.5 Å². The Balaban J connectivity index is 1.88. The van der Waals surface area contributed by atoms with Gasteiger partial charge in [-0.15, -0.1) is 0 Å². The summed E-state index contributed by atoms with van der Waals surface area (Å²) in [5.41, 5.74) is 4.04. The molecule has 1 saturated heterocycles. The number of hydrogen-bond donors (Lipinski definition) is 2. The fourth-order valence-electron chi connectivity index (χ4n) is 2.98. The van der Waals surface area contributed by atoms with E-state index in [4.69, 9.17) is 4.74 Å². The Bertz CT molecular complexity index is 587. The third-order valence-electron chi connectivity index (χ3n) is 4.17. The average Bonchev–Trinajstić information content (AvgIpc) is 2.51. The molecule has 0 bridgehead atoms. The van der Waals surface area contributed by atoms with Crippen LogP contribution in [0.25, 0.3) is 0 Å². The Hall–Kier alpha value is -1.92. The van der Waals surface area contributed by atoms with Gasteiger partial charge in [0.15, 0.2) is 0 Å². The zero-order chi connectivity index (χ0) is 17.7. The molecule has 0 aliphatic carbocycles. The van der Waals surface area contributed by atoms with Crippen molar-refractivity contribution in [1.29, 1.82) is 0 Å². The van der Waals surface area contributed by atoms with Gasteiger partial charge in [-0.1, -0.05) is 17.7 Å².